The van der Waals surface area contributed by atoms with Gasteiger partial charge in [-0.25, -0.2) is 8.42 Å². The molecule has 0 radical (unpaired) electrons. The first-order valence-corrected chi connectivity index (χ1v) is 10.9. The van der Waals surface area contributed by atoms with Crippen molar-refractivity contribution in [1.82, 2.24) is 14.1 Å². The lowest BCUT2D eigenvalue weighted by molar-refractivity contribution is -0.134. The number of carbonyl (C=O) groups is 1. The molecule has 2 aliphatic rings. The van der Waals surface area contributed by atoms with Crippen LogP contribution in [0.25, 0.3) is 0 Å². The van der Waals surface area contributed by atoms with Crippen molar-refractivity contribution in [2.24, 2.45) is 5.92 Å². The average molecular weight is 380 g/mol. The lowest BCUT2D eigenvalue weighted by Crippen LogP contribution is -2.52. The van der Waals surface area contributed by atoms with Crippen LogP contribution in [0.5, 0.6) is 0 Å². The number of amides is 1. The fourth-order valence-electron chi connectivity index (χ4n) is 3.69. The number of benzene rings is 1. The second-order valence-corrected chi connectivity index (χ2v) is 9.52. The predicted octanol–water partition coefficient (Wildman–Crippen LogP) is 1.56. The molecule has 3 rings (SSSR count). The van der Waals surface area contributed by atoms with Crippen molar-refractivity contribution in [3.63, 3.8) is 0 Å². The predicted molar refractivity (Wildman–Crippen MR) is 101 cm³/mol. The van der Waals surface area contributed by atoms with Gasteiger partial charge in [0.2, 0.25) is 15.9 Å². The molecule has 0 spiro atoms. The summed E-state index contributed by atoms with van der Waals surface area (Å²) in [5, 5.41) is 0. The van der Waals surface area contributed by atoms with Crippen LogP contribution in [0.15, 0.2) is 29.2 Å². The van der Waals surface area contributed by atoms with Crippen LogP contribution in [-0.2, 0) is 14.8 Å². The molecule has 6 nitrogen and oxygen atoms in total. The molecule has 2 heterocycles. The van der Waals surface area contributed by atoms with Gasteiger partial charge in [0.15, 0.2) is 0 Å². The third kappa shape index (κ3) is 4.45. The number of hydrogen-bond acceptors (Lipinski definition) is 4. The Labute approximate surface area is 156 Å². The number of rotatable bonds is 4. The van der Waals surface area contributed by atoms with E-state index in [1.54, 1.807) is 12.1 Å². The summed E-state index contributed by atoms with van der Waals surface area (Å²) in [4.78, 5) is 16.9. The maximum atomic E-state index is 12.7. The number of nitrogens with zero attached hydrogens (tertiary/aromatic N) is 3. The Bertz CT molecular complexity index is 725. The van der Waals surface area contributed by atoms with E-state index in [-0.39, 0.29) is 5.91 Å². The summed E-state index contributed by atoms with van der Waals surface area (Å²) >= 11 is 0. The highest BCUT2D eigenvalue weighted by atomic mass is 32.2. The second-order valence-electron chi connectivity index (χ2n) is 7.58. The van der Waals surface area contributed by atoms with Crippen LogP contribution >= 0.6 is 0 Å². The average Bonchev–Trinajstić information content (AvgIpc) is 2.62. The van der Waals surface area contributed by atoms with E-state index in [1.807, 2.05) is 24.0 Å². The van der Waals surface area contributed by atoms with Gasteiger partial charge in [0, 0.05) is 39.3 Å². The number of piperidine rings is 1. The Balaban J connectivity index is 1.54. The first-order chi connectivity index (χ1) is 12.4. The summed E-state index contributed by atoms with van der Waals surface area (Å²) in [5.74, 6) is 0.746. The van der Waals surface area contributed by atoms with Crippen molar-refractivity contribution in [2.45, 2.75) is 31.6 Å². The van der Waals surface area contributed by atoms with Crippen LogP contribution in [0.3, 0.4) is 0 Å². The Morgan fingerprint density at radius 2 is 1.73 bits per heavy atom. The largest absolute Gasteiger partial charge is 0.341 e. The third-order valence-corrected chi connectivity index (χ3v) is 7.27. The topological polar surface area (TPSA) is 60.9 Å². The van der Waals surface area contributed by atoms with Crippen molar-refractivity contribution in [3.05, 3.63) is 29.8 Å². The van der Waals surface area contributed by atoms with Crippen molar-refractivity contribution in [1.29, 1.82) is 0 Å². The van der Waals surface area contributed by atoms with Gasteiger partial charge in [-0.3, -0.25) is 9.69 Å². The minimum Gasteiger partial charge on any atom is -0.341 e. The number of hydrogen-bond donors (Lipinski definition) is 0. The lowest BCUT2D eigenvalue weighted by atomic mass is 10.0. The van der Waals surface area contributed by atoms with Crippen LogP contribution in [-0.4, -0.2) is 74.2 Å². The number of aryl methyl sites for hydroxylation is 1. The van der Waals surface area contributed by atoms with Crippen molar-refractivity contribution in [2.75, 3.05) is 45.8 Å². The van der Waals surface area contributed by atoms with Crippen LogP contribution in [0.4, 0.5) is 0 Å². The summed E-state index contributed by atoms with van der Waals surface area (Å²) in [6, 6.07) is 6.97. The zero-order valence-electron chi connectivity index (χ0n) is 15.7. The third-order valence-electron chi connectivity index (χ3n) is 5.36. The summed E-state index contributed by atoms with van der Waals surface area (Å²) < 4.78 is 27.0. The van der Waals surface area contributed by atoms with Gasteiger partial charge in [-0.15, -0.1) is 0 Å². The molecule has 1 aromatic rings. The quantitative estimate of drug-likeness (QED) is 0.797. The van der Waals surface area contributed by atoms with Gasteiger partial charge < -0.3 is 4.90 Å². The second kappa shape index (κ2) is 8.06. The monoisotopic (exact) mass is 379 g/mol. The maximum absolute atomic E-state index is 12.7. The summed E-state index contributed by atoms with van der Waals surface area (Å²) in [6.07, 6.45) is 2.27. The normalized spacial score (nSPS) is 23.2. The lowest BCUT2D eigenvalue weighted by Gasteiger charge is -2.36. The minimum absolute atomic E-state index is 0.173. The molecule has 1 aromatic carbocycles. The van der Waals surface area contributed by atoms with Gasteiger partial charge in [0.25, 0.3) is 0 Å². The molecule has 0 unspecified atom stereocenters. The molecule has 0 saturated carbocycles. The van der Waals surface area contributed by atoms with E-state index < -0.39 is 10.0 Å². The molecule has 2 saturated heterocycles. The van der Waals surface area contributed by atoms with Gasteiger partial charge in [-0.1, -0.05) is 24.6 Å². The maximum Gasteiger partial charge on any atom is 0.243 e. The summed E-state index contributed by atoms with van der Waals surface area (Å²) in [6.45, 7) is 8.28. The number of piperazine rings is 1. The van der Waals surface area contributed by atoms with E-state index in [2.05, 4.69) is 11.8 Å². The van der Waals surface area contributed by atoms with Crippen LogP contribution in [0, 0.1) is 12.8 Å². The molecular weight excluding hydrogens is 350 g/mol. The standard InChI is InChI=1S/C19H29N3O3S/c1-16-5-7-18(8-6-16)26(24,25)22-12-10-20(11-13-22)15-19(23)21-9-3-4-17(2)14-21/h5-8,17H,3-4,9-15H2,1-2H3/t17-/m0/s1. The number of sulfonamides is 1. The smallest absolute Gasteiger partial charge is 0.243 e. The van der Waals surface area contributed by atoms with Crippen LogP contribution < -0.4 is 0 Å². The van der Waals surface area contributed by atoms with Gasteiger partial charge in [-0.05, 0) is 37.8 Å². The molecule has 7 heteroatoms. The van der Waals surface area contributed by atoms with Gasteiger partial charge in [-0.2, -0.15) is 4.31 Å². The SMILES string of the molecule is Cc1ccc(S(=O)(=O)N2CCN(CC(=O)N3CCC[C@H](C)C3)CC2)cc1. The van der Waals surface area contributed by atoms with E-state index in [0.29, 0.717) is 43.5 Å². The molecule has 1 atom stereocenters. The summed E-state index contributed by atoms with van der Waals surface area (Å²) in [5.41, 5.74) is 1.04. The van der Waals surface area contributed by atoms with E-state index in [1.165, 1.54) is 10.7 Å². The number of carbonyl (C=O) groups excluding carboxylic acids is 1. The van der Waals surface area contributed by atoms with E-state index in [0.717, 1.165) is 25.1 Å². The van der Waals surface area contributed by atoms with Gasteiger partial charge >= 0.3 is 0 Å². The molecular formula is C19H29N3O3S. The van der Waals surface area contributed by atoms with Crippen molar-refractivity contribution < 1.29 is 13.2 Å². The summed E-state index contributed by atoms with van der Waals surface area (Å²) in [7, 11) is -3.45. The van der Waals surface area contributed by atoms with Crippen molar-refractivity contribution >= 4 is 15.9 Å². The molecule has 0 aliphatic carbocycles. The minimum atomic E-state index is -3.45. The Morgan fingerprint density at radius 1 is 1.08 bits per heavy atom. The molecule has 1 amide bonds. The zero-order valence-corrected chi connectivity index (χ0v) is 16.5. The van der Waals surface area contributed by atoms with Crippen LogP contribution in [0.2, 0.25) is 0 Å². The Morgan fingerprint density at radius 3 is 2.35 bits per heavy atom. The zero-order chi connectivity index (χ0) is 18.7. The highest BCUT2D eigenvalue weighted by Crippen LogP contribution is 2.19. The fourth-order valence-corrected chi connectivity index (χ4v) is 5.12. The van der Waals surface area contributed by atoms with E-state index in [4.69, 9.17) is 0 Å². The molecule has 2 fully saturated rings. The molecule has 0 bridgehead atoms. The Kier molecular flexibility index (Phi) is 5.99. The first kappa shape index (κ1) is 19.3. The Hall–Kier alpha value is -1.44. The molecule has 0 aromatic heterocycles. The van der Waals surface area contributed by atoms with Crippen LogP contribution in [0.1, 0.15) is 25.3 Å². The molecule has 144 valence electrons. The highest BCUT2D eigenvalue weighted by Gasteiger charge is 2.30. The molecule has 26 heavy (non-hydrogen) atoms. The molecule has 2 aliphatic heterocycles. The fraction of sp³-hybridized carbons (Fsp3) is 0.632. The van der Waals surface area contributed by atoms with Gasteiger partial charge in [0.1, 0.15) is 0 Å². The van der Waals surface area contributed by atoms with Gasteiger partial charge in [0.05, 0.1) is 11.4 Å². The van der Waals surface area contributed by atoms with E-state index in [9.17, 15) is 13.2 Å². The number of likely N-dealkylation sites (tertiary alicyclic amines) is 1. The highest BCUT2D eigenvalue weighted by molar-refractivity contribution is 7.89. The van der Waals surface area contributed by atoms with E-state index >= 15 is 0 Å². The molecule has 0 N–H and O–H groups in total. The first-order valence-electron chi connectivity index (χ1n) is 9.43. The van der Waals surface area contributed by atoms with Crippen molar-refractivity contribution in [3.8, 4) is 0 Å².